The van der Waals surface area contributed by atoms with E-state index in [-0.39, 0.29) is 6.10 Å². The molecule has 0 fully saturated rings. The second kappa shape index (κ2) is 2.35. The van der Waals surface area contributed by atoms with Crippen LogP contribution in [0.15, 0.2) is 18.2 Å². The Hall–Kier alpha value is -0.820. The van der Waals surface area contributed by atoms with Gasteiger partial charge in [0.1, 0.15) is 0 Å². The average molecular weight is 148 g/mol. The van der Waals surface area contributed by atoms with Gasteiger partial charge in [-0.3, -0.25) is 0 Å². The minimum absolute atomic E-state index is 0.319. The van der Waals surface area contributed by atoms with Crippen LogP contribution in [0.5, 0.6) is 0 Å². The molecule has 1 unspecified atom stereocenters. The van der Waals surface area contributed by atoms with Crippen LogP contribution in [0.2, 0.25) is 0 Å². The van der Waals surface area contributed by atoms with Crippen LogP contribution in [-0.4, -0.2) is 5.11 Å². The second-order valence-corrected chi connectivity index (χ2v) is 3.20. The zero-order chi connectivity index (χ0) is 7.84. The van der Waals surface area contributed by atoms with Gasteiger partial charge >= 0.3 is 0 Å². The van der Waals surface area contributed by atoms with E-state index in [4.69, 9.17) is 0 Å². The Morgan fingerprint density at radius 1 is 1.27 bits per heavy atom. The highest BCUT2D eigenvalue weighted by Gasteiger charge is 2.13. The summed E-state index contributed by atoms with van der Waals surface area (Å²) in [6.45, 7) is 1.81. The van der Waals surface area contributed by atoms with E-state index in [0.717, 1.165) is 5.56 Å². The number of aliphatic hydroxyl groups is 1. The van der Waals surface area contributed by atoms with E-state index in [1.807, 2.05) is 6.07 Å². The maximum atomic E-state index is 9.26. The summed E-state index contributed by atoms with van der Waals surface area (Å²) in [6.07, 6.45) is 2.09. The summed E-state index contributed by atoms with van der Waals surface area (Å²) in [4.78, 5) is 0. The highest BCUT2D eigenvalue weighted by molar-refractivity contribution is 5.39. The predicted octanol–water partition coefficient (Wildman–Crippen LogP) is 1.84. The molecule has 0 heterocycles. The largest absolute Gasteiger partial charge is 0.389 e. The molecule has 2 rings (SSSR count). The van der Waals surface area contributed by atoms with E-state index in [9.17, 15) is 5.11 Å². The number of aryl methyl sites for hydroxylation is 2. The maximum Gasteiger partial charge on any atom is 0.0762 e. The number of hydrogen-bond acceptors (Lipinski definition) is 1. The highest BCUT2D eigenvalue weighted by atomic mass is 16.3. The van der Waals surface area contributed by atoms with Gasteiger partial charge in [0.15, 0.2) is 0 Å². The van der Waals surface area contributed by atoms with Gasteiger partial charge in [0, 0.05) is 0 Å². The van der Waals surface area contributed by atoms with E-state index >= 15 is 0 Å². The van der Waals surface area contributed by atoms with Crippen LogP contribution in [0.25, 0.3) is 0 Å². The molecular formula is C10H12O. The molecule has 58 valence electrons. The summed E-state index contributed by atoms with van der Waals surface area (Å²) in [5.41, 5.74) is 3.92. The third kappa shape index (κ3) is 1.05. The molecule has 1 N–H and O–H groups in total. The fourth-order valence-corrected chi connectivity index (χ4v) is 1.47. The van der Waals surface area contributed by atoms with Crippen molar-refractivity contribution < 1.29 is 5.11 Å². The molecule has 0 spiro atoms. The van der Waals surface area contributed by atoms with Crippen LogP contribution in [0.1, 0.15) is 29.7 Å². The van der Waals surface area contributed by atoms with Gasteiger partial charge in [-0.05, 0) is 36.5 Å². The van der Waals surface area contributed by atoms with Crippen LogP contribution in [0.4, 0.5) is 0 Å². The molecule has 1 heteroatoms. The van der Waals surface area contributed by atoms with Crippen molar-refractivity contribution in [2.45, 2.75) is 25.9 Å². The van der Waals surface area contributed by atoms with Gasteiger partial charge in [0.05, 0.1) is 6.10 Å². The molecule has 1 nitrogen and oxygen atoms in total. The standard InChI is InChI=1S/C10H12O/c1-7(11)9-4-2-8-3-5-10(8)6-9/h2,4,6-7,11H,3,5H2,1H3. The van der Waals surface area contributed by atoms with Gasteiger partial charge in [-0.1, -0.05) is 18.2 Å². The van der Waals surface area contributed by atoms with Crippen molar-refractivity contribution in [3.63, 3.8) is 0 Å². The van der Waals surface area contributed by atoms with Gasteiger partial charge < -0.3 is 5.11 Å². The summed E-state index contributed by atoms with van der Waals surface area (Å²) in [5, 5.41) is 9.26. The zero-order valence-electron chi connectivity index (χ0n) is 6.67. The minimum atomic E-state index is -0.319. The van der Waals surface area contributed by atoms with Crippen LogP contribution in [-0.2, 0) is 12.8 Å². The average Bonchev–Trinajstić information content (AvgIpc) is 1.91. The molecule has 1 aliphatic carbocycles. The first-order chi connectivity index (χ1) is 5.27. The van der Waals surface area contributed by atoms with Crippen molar-refractivity contribution in [1.29, 1.82) is 0 Å². The van der Waals surface area contributed by atoms with E-state index in [2.05, 4.69) is 12.1 Å². The van der Waals surface area contributed by atoms with Crippen LogP contribution in [0, 0.1) is 0 Å². The lowest BCUT2D eigenvalue weighted by Gasteiger charge is -2.19. The summed E-state index contributed by atoms with van der Waals surface area (Å²) in [5.74, 6) is 0. The first-order valence-corrected chi connectivity index (χ1v) is 4.07. The zero-order valence-corrected chi connectivity index (χ0v) is 6.67. The van der Waals surface area contributed by atoms with Crippen LogP contribution in [0.3, 0.4) is 0 Å². The van der Waals surface area contributed by atoms with Crippen LogP contribution < -0.4 is 0 Å². The summed E-state index contributed by atoms with van der Waals surface area (Å²) in [6, 6.07) is 6.26. The Bertz CT molecular complexity index is 276. The molecule has 11 heavy (non-hydrogen) atoms. The normalized spacial score (nSPS) is 16.9. The number of benzene rings is 1. The fourth-order valence-electron chi connectivity index (χ4n) is 1.47. The van der Waals surface area contributed by atoms with Crippen molar-refractivity contribution in [3.05, 3.63) is 34.9 Å². The van der Waals surface area contributed by atoms with E-state index in [1.54, 1.807) is 6.92 Å². The second-order valence-electron chi connectivity index (χ2n) is 3.20. The molecule has 0 aliphatic heterocycles. The Labute approximate surface area is 66.7 Å². The lowest BCUT2D eigenvalue weighted by molar-refractivity contribution is 0.199. The Morgan fingerprint density at radius 3 is 2.45 bits per heavy atom. The Balaban J connectivity index is 2.38. The Morgan fingerprint density at radius 2 is 2.00 bits per heavy atom. The molecule has 0 saturated carbocycles. The van der Waals surface area contributed by atoms with Crippen LogP contribution >= 0.6 is 0 Å². The highest BCUT2D eigenvalue weighted by Crippen LogP contribution is 2.25. The lowest BCUT2D eigenvalue weighted by Crippen LogP contribution is -2.08. The minimum Gasteiger partial charge on any atom is -0.389 e. The third-order valence-corrected chi connectivity index (χ3v) is 2.38. The summed E-state index contributed by atoms with van der Waals surface area (Å²) in [7, 11) is 0. The molecule has 0 radical (unpaired) electrons. The smallest absolute Gasteiger partial charge is 0.0762 e. The van der Waals surface area contributed by atoms with Crippen molar-refractivity contribution in [2.75, 3.05) is 0 Å². The maximum absolute atomic E-state index is 9.26. The molecule has 1 aromatic rings. The van der Waals surface area contributed by atoms with Crippen molar-refractivity contribution in [1.82, 2.24) is 0 Å². The van der Waals surface area contributed by atoms with Gasteiger partial charge in [-0.25, -0.2) is 0 Å². The van der Waals surface area contributed by atoms with Gasteiger partial charge in [-0.15, -0.1) is 0 Å². The lowest BCUT2D eigenvalue weighted by atomic mass is 9.86. The van der Waals surface area contributed by atoms with Crippen molar-refractivity contribution >= 4 is 0 Å². The SMILES string of the molecule is CC(O)c1ccc2c(c1)CC2. The van der Waals surface area contributed by atoms with E-state index in [0.29, 0.717) is 0 Å². The van der Waals surface area contributed by atoms with Gasteiger partial charge in [-0.2, -0.15) is 0 Å². The fraction of sp³-hybridized carbons (Fsp3) is 0.400. The predicted molar refractivity (Wildman–Crippen MR) is 44.5 cm³/mol. The molecule has 1 atom stereocenters. The molecule has 0 bridgehead atoms. The van der Waals surface area contributed by atoms with Gasteiger partial charge in [0.25, 0.3) is 0 Å². The number of aliphatic hydroxyl groups excluding tert-OH is 1. The first kappa shape index (κ1) is 6.86. The van der Waals surface area contributed by atoms with Crippen molar-refractivity contribution in [2.24, 2.45) is 0 Å². The number of rotatable bonds is 1. The van der Waals surface area contributed by atoms with Gasteiger partial charge in [0.2, 0.25) is 0 Å². The monoisotopic (exact) mass is 148 g/mol. The Kier molecular flexibility index (Phi) is 1.46. The quantitative estimate of drug-likeness (QED) is 0.644. The summed E-state index contributed by atoms with van der Waals surface area (Å²) >= 11 is 0. The molecule has 0 aromatic heterocycles. The topological polar surface area (TPSA) is 20.2 Å². The molecule has 1 aromatic carbocycles. The van der Waals surface area contributed by atoms with E-state index in [1.165, 1.54) is 24.0 Å². The molecular weight excluding hydrogens is 136 g/mol. The molecule has 0 saturated heterocycles. The van der Waals surface area contributed by atoms with E-state index < -0.39 is 0 Å². The molecule has 1 aliphatic rings. The third-order valence-electron chi connectivity index (χ3n) is 2.38. The number of fused-ring (bicyclic) bond motifs is 1. The number of hydrogen-bond donors (Lipinski definition) is 1. The summed E-state index contributed by atoms with van der Waals surface area (Å²) < 4.78 is 0. The first-order valence-electron chi connectivity index (χ1n) is 4.07. The molecule has 0 amide bonds. The van der Waals surface area contributed by atoms with Crippen molar-refractivity contribution in [3.8, 4) is 0 Å².